The molecule has 0 amide bonds. The van der Waals surface area contributed by atoms with Gasteiger partial charge in [-0.05, 0) is 49.1 Å². The third-order valence-electron chi connectivity index (χ3n) is 5.26. The molecular formula is C23H32N4O2. The van der Waals surface area contributed by atoms with Crippen LogP contribution < -0.4 is 25.0 Å². The molecule has 2 N–H and O–H groups in total. The molecule has 1 atom stereocenters. The lowest BCUT2D eigenvalue weighted by atomic mass is 10.1. The van der Waals surface area contributed by atoms with Gasteiger partial charge in [-0.3, -0.25) is 4.99 Å². The number of methoxy groups -OCH3 is 2. The van der Waals surface area contributed by atoms with Crippen molar-refractivity contribution in [3.8, 4) is 11.5 Å². The quantitative estimate of drug-likeness (QED) is 0.408. The van der Waals surface area contributed by atoms with Gasteiger partial charge < -0.3 is 25.0 Å². The van der Waals surface area contributed by atoms with Crippen LogP contribution in [-0.4, -0.2) is 52.9 Å². The van der Waals surface area contributed by atoms with Crippen molar-refractivity contribution < 1.29 is 9.47 Å². The maximum absolute atomic E-state index is 5.38. The number of hydrogen-bond donors (Lipinski definition) is 2. The topological polar surface area (TPSA) is 58.1 Å². The molecule has 1 fully saturated rings. The molecule has 2 aromatic carbocycles. The Kier molecular flexibility index (Phi) is 7.61. The fraction of sp³-hybridized carbons (Fsp3) is 0.435. The molecule has 0 saturated carbocycles. The van der Waals surface area contributed by atoms with E-state index in [2.05, 4.69) is 56.9 Å². The van der Waals surface area contributed by atoms with Crippen molar-refractivity contribution in [2.24, 2.45) is 4.99 Å². The molecule has 1 unspecified atom stereocenters. The van der Waals surface area contributed by atoms with Crippen molar-refractivity contribution in [1.82, 2.24) is 10.6 Å². The van der Waals surface area contributed by atoms with Crippen LogP contribution in [0.15, 0.2) is 53.5 Å². The zero-order valence-electron chi connectivity index (χ0n) is 17.6. The second-order valence-corrected chi connectivity index (χ2v) is 7.20. The summed E-state index contributed by atoms with van der Waals surface area (Å²) in [6, 6.07) is 17.1. The second-order valence-electron chi connectivity index (χ2n) is 7.20. The van der Waals surface area contributed by atoms with E-state index in [0.717, 1.165) is 56.4 Å². The van der Waals surface area contributed by atoms with Crippen molar-refractivity contribution in [1.29, 1.82) is 0 Å². The van der Waals surface area contributed by atoms with Gasteiger partial charge in [-0.2, -0.15) is 0 Å². The predicted octanol–water partition coefficient (Wildman–Crippen LogP) is 3.08. The molecule has 1 heterocycles. The van der Waals surface area contributed by atoms with Gasteiger partial charge in [-0.1, -0.05) is 24.3 Å². The minimum Gasteiger partial charge on any atom is -0.493 e. The highest BCUT2D eigenvalue weighted by Gasteiger charge is 2.23. The van der Waals surface area contributed by atoms with Gasteiger partial charge in [0.05, 0.1) is 14.2 Å². The number of ether oxygens (including phenoxy) is 2. The number of aryl methyl sites for hydroxylation is 1. The molecular weight excluding hydrogens is 364 g/mol. The van der Waals surface area contributed by atoms with Crippen molar-refractivity contribution >= 4 is 11.6 Å². The maximum Gasteiger partial charge on any atom is 0.191 e. The fourth-order valence-corrected chi connectivity index (χ4v) is 3.67. The summed E-state index contributed by atoms with van der Waals surface area (Å²) in [7, 11) is 5.15. The smallest absolute Gasteiger partial charge is 0.191 e. The van der Waals surface area contributed by atoms with Crippen LogP contribution in [0, 0.1) is 0 Å². The first-order valence-electron chi connectivity index (χ1n) is 10.2. The van der Waals surface area contributed by atoms with E-state index in [9.17, 15) is 0 Å². The van der Waals surface area contributed by atoms with E-state index in [4.69, 9.17) is 9.47 Å². The Hall–Kier alpha value is -2.89. The standard InChI is InChI=1S/C23H32N4O2/c1-24-23(26-19-13-15-27(17-19)20-9-5-4-6-10-20)25-14-7-8-18-11-12-21(28-2)22(16-18)29-3/h4-6,9-12,16,19H,7-8,13-15,17H2,1-3H3,(H2,24,25,26). The molecule has 6 heteroatoms. The predicted molar refractivity (Wildman–Crippen MR) is 119 cm³/mol. The van der Waals surface area contributed by atoms with Gasteiger partial charge in [-0.15, -0.1) is 0 Å². The Morgan fingerprint density at radius 3 is 2.62 bits per heavy atom. The summed E-state index contributed by atoms with van der Waals surface area (Å²) in [5, 5.41) is 6.99. The molecule has 0 radical (unpaired) electrons. The van der Waals surface area contributed by atoms with E-state index in [-0.39, 0.29) is 0 Å². The number of guanidine groups is 1. The summed E-state index contributed by atoms with van der Waals surface area (Å²) < 4.78 is 10.7. The second kappa shape index (κ2) is 10.6. The fourth-order valence-electron chi connectivity index (χ4n) is 3.67. The maximum atomic E-state index is 5.38. The number of nitrogens with one attached hydrogen (secondary N) is 2. The van der Waals surface area contributed by atoms with Crippen LogP contribution in [0.4, 0.5) is 5.69 Å². The first kappa shape index (κ1) is 20.8. The van der Waals surface area contributed by atoms with Crippen LogP contribution in [0.25, 0.3) is 0 Å². The minimum absolute atomic E-state index is 0.409. The number of hydrogen-bond acceptors (Lipinski definition) is 4. The number of para-hydroxylation sites is 1. The van der Waals surface area contributed by atoms with E-state index < -0.39 is 0 Å². The van der Waals surface area contributed by atoms with Gasteiger partial charge in [0.1, 0.15) is 0 Å². The molecule has 156 valence electrons. The molecule has 2 aromatic rings. The molecule has 0 aliphatic carbocycles. The van der Waals surface area contributed by atoms with Crippen LogP contribution in [0.5, 0.6) is 11.5 Å². The Balaban J connectivity index is 1.41. The van der Waals surface area contributed by atoms with Crippen LogP contribution >= 0.6 is 0 Å². The summed E-state index contributed by atoms with van der Waals surface area (Å²) >= 11 is 0. The molecule has 6 nitrogen and oxygen atoms in total. The van der Waals surface area contributed by atoms with Crippen molar-refractivity contribution in [3.63, 3.8) is 0 Å². The SMILES string of the molecule is CN=C(NCCCc1ccc(OC)c(OC)c1)NC1CCN(c2ccccc2)C1. The number of anilines is 1. The summed E-state index contributed by atoms with van der Waals surface area (Å²) in [6.07, 6.45) is 3.09. The van der Waals surface area contributed by atoms with Crippen LogP contribution in [0.1, 0.15) is 18.4 Å². The molecule has 0 spiro atoms. The third kappa shape index (κ3) is 5.79. The van der Waals surface area contributed by atoms with Gasteiger partial charge in [0, 0.05) is 38.4 Å². The van der Waals surface area contributed by atoms with Gasteiger partial charge in [0.15, 0.2) is 17.5 Å². The molecule has 29 heavy (non-hydrogen) atoms. The first-order chi connectivity index (χ1) is 14.2. The summed E-state index contributed by atoms with van der Waals surface area (Å²) in [6.45, 7) is 2.93. The van der Waals surface area contributed by atoms with Crippen LogP contribution in [0.3, 0.4) is 0 Å². The Morgan fingerprint density at radius 1 is 1.10 bits per heavy atom. The van der Waals surface area contributed by atoms with Crippen molar-refractivity contribution in [2.45, 2.75) is 25.3 Å². The molecule has 1 aliphatic rings. The zero-order valence-corrected chi connectivity index (χ0v) is 17.6. The van der Waals surface area contributed by atoms with Gasteiger partial charge in [-0.25, -0.2) is 0 Å². The summed E-state index contributed by atoms with van der Waals surface area (Å²) in [4.78, 5) is 6.80. The summed E-state index contributed by atoms with van der Waals surface area (Å²) in [5.74, 6) is 2.41. The lowest BCUT2D eigenvalue weighted by Gasteiger charge is -2.20. The Labute approximate surface area is 173 Å². The third-order valence-corrected chi connectivity index (χ3v) is 5.26. The minimum atomic E-state index is 0.409. The largest absolute Gasteiger partial charge is 0.493 e. The van der Waals surface area contributed by atoms with Gasteiger partial charge >= 0.3 is 0 Å². The van der Waals surface area contributed by atoms with Crippen molar-refractivity contribution in [3.05, 3.63) is 54.1 Å². The highest BCUT2D eigenvalue weighted by Crippen LogP contribution is 2.27. The molecule has 3 rings (SSSR count). The average Bonchev–Trinajstić information content (AvgIpc) is 3.24. The highest BCUT2D eigenvalue weighted by atomic mass is 16.5. The van der Waals surface area contributed by atoms with E-state index >= 15 is 0 Å². The van der Waals surface area contributed by atoms with Gasteiger partial charge in [0.25, 0.3) is 0 Å². The molecule has 0 bridgehead atoms. The van der Waals surface area contributed by atoms with E-state index in [1.165, 1.54) is 11.3 Å². The van der Waals surface area contributed by atoms with Crippen LogP contribution in [0.2, 0.25) is 0 Å². The van der Waals surface area contributed by atoms with E-state index in [0.29, 0.717) is 6.04 Å². The summed E-state index contributed by atoms with van der Waals surface area (Å²) in [5.41, 5.74) is 2.52. The average molecular weight is 397 g/mol. The van der Waals surface area contributed by atoms with Crippen molar-refractivity contribution in [2.75, 3.05) is 45.8 Å². The monoisotopic (exact) mass is 396 g/mol. The molecule has 1 aliphatic heterocycles. The molecule has 0 aromatic heterocycles. The molecule has 1 saturated heterocycles. The zero-order chi connectivity index (χ0) is 20.5. The number of aliphatic imine (C=N–C) groups is 1. The highest BCUT2D eigenvalue weighted by molar-refractivity contribution is 5.80. The van der Waals surface area contributed by atoms with Gasteiger partial charge in [0.2, 0.25) is 0 Å². The first-order valence-corrected chi connectivity index (χ1v) is 10.2. The van der Waals surface area contributed by atoms with E-state index in [1.807, 2.05) is 19.2 Å². The Bertz CT molecular complexity index is 795. The number of rotatable bonds is 8. The Morgan fingerprint density at radius 2 is 1.90 bits per heavy atom. The lowest BCUT2D eigenvalue weighted by molar-refractivity contribution is 0.354. The van der Waals surface area contributed by atoms with E-state index in [1.54, 1.807) is 14.2 Å². The number of nitrogens with zero attached hydrogens (tertiary/aromatic N) is 2. The number of benzene rings is 2. The normalized spacial score (nSPS) is 16.6. The lowest BCUT2D eigenvalue weighted by Crippen LogP contribution is -2.44. The van der Waals surface area contributed by atoms with Crippen LogP contribution in [-0.2, 0) is 6.42 Å².